The van der Waals surface area contributed by atoms with Gasteiger partial charge in [-0.25, -0.2) is 0 Å². The zero-order chi connectivity index (χ0) is 7.82. The first kappa shape index (κ1) is 10.3. The monoisotopic (exact) mass is 472 g/mol. The molecule has 0 spiro atoms. The molecule has 0 aliphatic rings. The van der Waals surface area contributed by atoms with Gasteiger partial charge in [0.05, 0.1) is 0 Å². The minimum atomic E-state index is 1.05. The van der Waals surface area contributed by atoms with E-state index in [1.807, 2.05) is 24.3 Å². The summed E-state index contributed by atoms with van der Waals surface area (Å²) in [5, 5.41) is 0. The Balaban J connectivity index is 3.85. The SMILES string of the molecule is C=C(/C=C\[CH]=[W])/C=C\[CH]=[W]. The zero-order valence-electron chi connectivity index (χ0n) is 5.49. The molecule has 0 heterocycles. The molecule has 0 radical (unpaired) electrons. The zero-order valence-corrected chi connectivity index (χ0v) is 11.4. The summed E-state index contributed by atoms with van der Waals surface area (Å²) in [6.45, 7) is 3.83. The Morgan fingerprint density at radius 3 is 1.70 bits per heavy atom. The van der Waals surface area contributed by atoms with Crippen LogP contribution in [0.2, 0.25) is 0 Å². The van der Waals surface area contributed by atoms with E-state index in [1.165, 1.54) is 38.7 Å². The summed E-state index contributed by atoms with van der Waals surface area (Å²) in [5.74, 6) is 0. The van der Waals surface area contributed by atoms with Gasteiger partial charge < -0.3 is 0 Å². The van der Waals surface area contributed by atoms with Crippen molar-refractivity contribution < 1.29 is 38.7 Å². The van der Waals surface area contributed by atoms with E-state index in [0.29, 0.717) is 0 Å². The van der Waals surface area contributed by atoms with Crippen LogP contribution in [-0.2, 0) is 38.7 Å². The van der Waals surface area contributed by atoms with E-state index in [1.54, 1.807) is 0 Å². The molecular formula is C8H8W2. The van der Waals surface area contributed by atoms with Crippen LogP contribution in [0.5, 0.6) is 0 Å². The van der Waals surface area contributed by atoms with E-state index in [4.69, 9.17) is 0 Å². The summed E-state index contributed by atoms with van der Waals surface area (Å²) in [5.41, 5.74) is 1.05. The van der Waals surface area contributed by atoms with Crippen LogP contribution in [0, 0.1) is 0 Å². The normalized spacial score (nSPS) is 10.4. The molecule has 0 aromatic rings. The molecule has 52 valence electrons. The average molecular weight is 472 g/mol. The maximum atomic E-state index is 3.83. The molecule has 10 heavy (non-hydrogen) atoms. The van der Waals surface area contributed by atoms with E-state index >= 15 is 0 Å². The summed E-state index contributed by atoms with van der Waals surface area (Å²) in [6, 6.07) is 0. The second-order valence-electron chi connectivity index (χ2n) is 1.57. The second kappa shape index (κ2) is 7.44. The van der Waals surface area contributed by atoms with E-state index in [2.05, 4.69) is 15.4 Å². The fourth-order valence-corrected chi connectivity index (χ4v) is 0.946. The first-order valence-corrected chi connectivity index (χ1v) is 6.12. The van der Waals surface area contributed by atoms with Gasteiger partial charge in [-0.15, -0.1) is 0 Å². The van der Waals surface area contributed by atoms with E-state index in [0.717, 1.165) is 5.57 Å². The molecule has 2 heteroatoms. The maximum absolute atomic E-state index is 3.83. The molecule has 0 fully saturated rings. The molecule has 0 aromatic heterocycles. The first-order chi connectivity index (χ1) is 4.81. The van der Waals surface area contributed by atoms with Crippen molar-refractivity contribution in [2.45, 2.75) is 0 Å². The Labute approximate surface area is 83.5 Å². The van der Waals surface area contributed by atoms with Crippen molar-refractivity contribution in [3.05, 3.63) is 36.5 Å². The van der Waals surface area contributed by atoms with Gasteiger partial charge in [0.1, 0.15) is 0 Å². The van der Waals surface area contributed by atoms with Crippen molar-refractivity contribution in [3.63, 3.8) is 0 Å². The molecule has 0 aliphatic heterocycles. The van der Waals surface area contributed by atoms with Crippen LogP contribution in [0.4, 0.5) is 0 Å². The molecule has 0 saturated carbocycles. The Morgan fingerprint density at radius 1 is 1.00 bits per heavy atom. The molecule has 0 amide bonds. The average Bonchev–Trinajstić information content (AvgIpc) is 1.97. The summed E-state index contributed by atoms with van der Waals surface area (Å²) in [6.07, 6.45) is 8.04. The standard InChI is InChI=1S/C8H8.2W/c1-4-6-8(3)7-5-2;;/h1-2,4-7H,3H2;;/b6-4-,7-5-;;. The fraction of sp³-hybridized carbons (Fsp3) is 0. The van der Waals surface area contributed by atoms with Gasteiger partial charge in [-0.2, -0.15) is 0 Å². The quantitative estimate of drug-likeness (QED) is 0.543. The molecule has 0 N–H and O–H groups in total. The summed E-state index contributed by atoms with van der Waals surface area (Å²) in [4.78, 5) is 0. The van der Waals surface area contributed by atoms with Crippen LogP contribution < -0.4 is 0 Å². The van der Waals surface area contributed by atoms with Gasteiger partial charge >= 0.3 is 84.0 Å². The van der Waals surface area contributed by atoms with Gasteiger partial charge in [-0.05, 0) is 0 Å². The molecule has 0 aromatic carbocycles. The Kier molecular flexibility index (Phi) is 7.69. The second-order valence-corrected chi connectivity index (χ2v) is 3.52. The molecule has 0 atom stereocenters. The van der Waals surface area contributed by atoms with Crippen molar-refractivity contribution in [2.24, 2.45) is 0 Å². The predicted octanol–water partition coefficient (Wildman–Crippen LogP) is 1.35. The molecule has 0 bridgehead atoms. The summed E-state index contributed by atoms with van der Waals surface area (Å²) < 4.78 is 4.14. The van der Waals surface area contributed by atoms with E-state index in [9.17, 15) is 0 Å². The molecule has 0 saturated heterocycles. The molecular weight excluding hydrogens is 464 g/mol. The Morgan fingerprint density at radius 2 is 1.40 bits per heavy atom. The van der Waals surface area contributed by atoms with Crippen LogP contribution in [0.3, 0.4) is 0 Å². The number of rotatable bonds is 4. The third kappa shape index (κ3) is 6.46. The van der Waals surface area contributed by atoms with E-state index in [-0.39, 0.29) is 0 Å². The van der Waals surface area contributed by atoms with Crippen molar-refractivity contribution in [1.29, 1.82) is 0 Å². The van der Waals surface area contributed by atoms with Crippen LogP contribution in [-0.4, -0.2) is 8.80 Å². The fourth-order valence-electron chi connectivity index (χ4n) is 0.381. The van der Waals surface area contributed by atoms with E-state index < -0.39 is 0 Å². The third-order valence-electron chi connectivity index (χ3n) is 0.778. The van der Waals surface area contributed by atoms with Gasteiger partial charge in [-0.3, -0.25) is 0 Å². The van der Waals surface area contributed by atoms with Crippen molar-refractivity contribution >= 4 is 8.80 Å². The summed E-state index contributed by atoms with van der Waals surface area (Å²) in [7, 11) is 0. The van der Waals surface area contributed by atoms with Gasteiger partial charge in [0.25, 0.3) is 0 Å². The molecule has 0 rings (SSSR count). The predicted molar refractivity (Wildman–Crippen MR) is 39.5 cm³/mol. The molecule has 0 aliphatic carbocycles. The van der Waals surface area contributed by atoms with Crippen LogP contribution in [0.15, 0.2) is 36.5 Å². The minimum absolute atomic E-state index is 1.05. The van der Waals surface area contributed by atoms with Crippen molar-refractivity contribution in [2.75, 3.05) is 0 Å². The van der Waals surface area contributed by atoms with Crippen LogP contribution >= 0.6 is 0 Å². The van der Waals surface area contributed by atoms with Gasteiger partial charge in [-0.1, -0.05) is 0 Å². The molecule has 0 unspecified atom stereocenters. The first-order valence-electron chi connectivity index (χ1n) is 2.74. The van der Waals surface area contributed by atoms with Crippen LogP contribution in [0.1, 0.15) is 0 Å². The molecule has 0 nitrogen and oxygen atoms in total. The van der Waals surface area contributed by atoms with Crippen molar-refractivity contribution in [3.8, 4) is 0 Å². The number of hydrogen-bond donors (Lipinski definition) is 0. The van der Waals surface area contributed by atoms with Gasteiger partial charge in [0, 0.05) is 0 Å². The third-order valence-corrected chi connectivity index (χ3v) is 1.91. The topological polar surface area (TPSA) is 0 Å². The van der Waals surface area contributed by atoms with Crippen molar-refractivity contribution in [1.82, 2.24) is 0 Å². The Hall–Kier alpha value is 0.337. The van der Waals surface area contributed by atoms with Gasteiger partial charge in [0.2, 0.25) is 0 Å². The number of allylic oxidation sites excluding steroid dienone is 5. The van der Waals surface area contributed by atoms with Crippen LogP contribution in [0.25, 0.3) is 0 Å². The Bertz CT molecular complexity index is 167. The number of hydrogen-bond acceptors (Lipinski definition) is 0. The van der Waals surface area contributed by atoms with Gasteiger partial charge in [0.15, 0.2) is 0 Å². The summed E-state index contributed by atoms with van der Waals surface area (Å²) >= 11 is 2.93.